The van der Waals surface area contributed by atoms with Crippen molar-refractivity contribution in [1.82, 2.24) is 14.8 Å². The summed E-state index contributed by atoms with van der Waals surface area (Å²) in [5.74, 6) is -0.443. The third-order valence-electron chi connectivity index (χ3n) is 3.08. The van der Waals surface area contributed by atoms with E-state index in [9.17, 15) is 4.79 Å². The van der Waals surface area contributed by atoms with Gasteiger partial charge in [-0.15, -0.1) is 0 Å². The van der Waals surface area contributed by atoms with Crippen LogP contribution in [0.15, 0.2) is 30.7 Å². The van der Waals surface area contributed by atoms with Gasteiger partial charge in [0.15, 0.2) is 0 Å². The molecule has 0 aromatic carbocycles. The largest absolute Gasteiger partial charge is 0.464 e. The second-order valence-corrected chi connectivity index (χ2v) is 4.32. The zero-order valence-corrected chi connectivity index (χ0v) is 10.4. The molecule has 0 saturated carbocycles. The Morgan fingerprint density at radius 3 is 3.00 bits per heavy atom. The van der Waals surface area contributed by atoms with Crippen molar-refractivity contribution < 1.29 is 14.3 Å². The van der Waals surface area contributed by atoms with Crippen LogP contribution >= 0.6 is 0 Å². The minimum absolute atomic E-state index is 0.291. The van der Waals surface area contributed by atoms with Gasteiger partial charge in [-0.3, -0.25) is 4.68 Å². The molecule has 1 aliphatic rings. The number of hydrogen-bond acceptors (Lipinski definition) is 5. The van der Waals surface area contributed by atoms with Crippen LogP contribution in [0.3, 0.4) is 0 Å². The molecule has 0 N–H and O–H groups in total. The van der Waals surface area contributed by atoms with Crippen molar-refractivity contribution in [2.75, 3.05) is 20.3 Å². The summed E-state index contributed by atoms with van der Waals surface area (Å²) < 4.78 is 11.7. The number of pyridine rings is 1. The van der Waals surface area contributed by atoms with E-state index in [-0.39, 0.29) is 0 Å². The van der Waals surface area contributed by atoms with E-state index in [4.69, 9.17) is 4.74 Å². The van der Waals surface area contributed by atoms with Crippen LogP contribution in [0.1, 0.15) is 16.5 Å². The molecule has 0 unspecified atom stereocenters. The Hall–Kier alpha value is -2.21. The Labute approximate surface area is 110 Å². The van der Waals surface area contributed by atoms with Crippen molar-refractivity contribution in [2.24, 2.45) is 0 Å². The second-order valence-electron chi connectivity index (χ2n) is 4.32. The lowest BCUT2D eigenvalue weighted by molar-refractivity contribution is -0.0286. The summed E-state index contributed by atoms with van der Waals surface area (Å²) in [6.07, 6.45) is 5.31. The Morgan fingerprint density at radius 1 is 1.47 bits per heavy atom. The molecular weight excluding hydrogens is 246 g/mol. The first kappa shape index (κ1) is 11.9. The van der Waals surface area contributed by atoms with Crippen LogP contribution in [-0.2, 0) is 9.47 Å². The maximum atomic E-state index is 11.4. The van der Waals surface area contributed by atoms with Crippen LogP contribution in [0.2, 0.25) is 0 Å². The number of methoxy groups -OCH3 is 1. The van der Waals surface area contributed by atoms with Gasteiger partial charge in [-0.05, 0) is 17.7 Å². The lowest BCUT2D eigenvalue weighted by atomic mass is 10.1. The molecule has 1 aliphatic heterocycles. The first-order valence-electron chi connectivity index (χ1n) is 5.94. The van der Waals surface area contributed by atoms with E-state index in [1.54, 1.807) is 18.5 Å². The molecule has 6 nitrogen and oxygen atoms in total. The SMILES string of the molecule is COC(=O)c1cc(-c2cnn(C3COC3)c2)ccn1. The van der Waals surface area contributed by atoms with E-state index in [1.807, 2.05) is 16.9 Å². The van der Waals surface area contributed by atoms with Crippen molar-refractivity contribution >= 4 is 5.97 Å². The van der Waals surface area contributed by atoms with Gasteiger partial charge in [-0.2, -0.15) is 5.10 Å². The Bertz CT molecular complexity index is 605. The molecule has 2 aromatic rings. The fourth-order valence-corrected chi connectivity index (χ4v) is 1.89. The van der Waals surface area contributed by atoms with E-state index in [1.165, 1.54) is 7.11 Å². The highest BCUT2D eigenvalue weighted by Crippen LogP contribution is 2.23. The number of aromatic nitrogens is 3. The highest BCUT2D eigenvalue weighted by molar-refractivity contribution is 5.88. The minimum Gasteiger partial charge on any atom is -0.464 e. The van der Waals surface area contributed by atoms with Gasteiger partial charge in [0.1, 0.15) is 5.69 Å². The average molecular weight is 259 g/mol. The standard InChI is InChI=1S/C13H13N3O3/c1-18-13(17)12-4-9(2-3-14-12)10-5-15-16(6-10)11-7-19-8-11/h2-6,11H,7-8H2,1H3. The third-order valence-corrected chi connectivity index (χ3v) is 3.08. The molecule has 3 rings (SSSR count). The van der Waals surface area contributed by atoms with Crippen molar-refractivity contribution in [3.63, 3.8) is 0 Å². The summed E-state index contributed by atoms with van der Waals surface area (Å²) in [4.78, 5) is 15.4. The molecule has 0 aliphatic carbocycles. The van der Waals surface area contributed by atoms with Crippen LogP contribution in [0.25, 0.3) is 11.1 Å². The zero-order chi connectivity index (χ0) is 13.2. The molecule has 3 heterocycles. The van der Waals surface area contributed by atoms with Crippen LogP contribution in [0.5, 0.6) is 0 Å². The van der Waals surface area contributed by atoms with Crippen LogP contribution in [0, 0.1) is 0 Å². The van der Waals surface area contributed by atoms with Gasteiger partial charge >= 0.3 is 5.97 Å². The van der Waals surface area contributed by atoms with Gasteiger partial charge in [0.05, 0.1) is 32.6 Å². The predicted octanol–water partition coefficient (Wildman–Crippen LogP) is 1.30. The minimum atomic E-state index is -0.443. The summed E-state index contributed by atoms with van der Waals surface area (Å²) in [6, 6.07) is 3.85. The number of rotatable bonds is 3. The molecule has 98 valence electrons. The van der Waals surface area contributed by atoms with Gasteiger partial charge in [0.2, 0.25) is 0 Å². The molecular formula is C13H13N3O3. The fourth-order valence-electron chi connectivity index (χ4n) is 1.89. The first-order chi connectivity index (χ1) is 9.28. The van der Waals surface area contributed by atoms with Gasteiger partial charge in [-0.25, -0.2) is 9.78 Å². The topological polar surface area (TPSA) is 66.2 Å². The van der Waals surface area contributed by atoms with E-state index < -0.39 is 5.97 Å². The summed E-state index contributed by atoms with van der Waals surface area (Å²) in [6.45, 7) is 1.40. The number of ether oxygens (including phenoxy) is 2. The van der Waals surface area contributed by atoms with E-state index in [0.717, 1.165) is 11.1 Å². The van der Waals surface area contributed by atoms with Crippen LogP contribution < -0.4 is 0 Å². The van der Waals surface area contributed by atoms with Crippen molar-refractivity contribution in [3.05, 3.63) is 36.4 Å². The number of hydrogen-bond donors (Lipinski definition) is 0. The highest BCUT2D eigenvalue weighted by atomic mass is 16.5. The predicted molar refractivity (Wildman–Crippen MR) is 66.7 cm³/mol. The van der Waals surface area contributed by atoms with Gasteiger partial charge in [-0.1, -0.05) is 0 Å². The molecule has 1 fully saturated rings. The molecule has 2 aromatic heterocycles. The second kappa shape index (κ2) is 4.81. The summed E-state index contributed by atoms with van der Waals surface area (Å²) >= 11 is 0. The average Bonchev–Trinajstić information content (AvgIpc) is 2.85. The fraction of sp³-hybridized carbons (Fsp3) is 0.308. The van der Waals surface area contributed by atoms with Crippen molar-refractivity contribution in [1.29, 1.82) is 0 Å². The highest BCUT2D eigenvalue weighted by Gasteiger charge is 2.21. The Balaban J connectivity index is 1.88. The van der Waals surface area contributed by atoms with Gasteiger partial charge in [0, 0.05) is 18.0 Å². The quantitative estimate of drug-likeness (QED) is 0.777. The number of carbonyl (C=O) groups excluding carboxylic acids is 1. The molecule has 0 radical (unpaired) electrons. The lowest BCUT2D eigenvalue weighted by Gasteiger charge is -2.25. The molecule has 0 atom stereocenters. The van der Waals surface area contributed by atoms with Gasteiger partial charge < -0.3 is 9.47 Å². The van der Waals surface area contributed by atoms with Crippen molar-refractivity contribution in [3.8, 4) is 11.1 Å². The van der Waals surface area contributed by atoms with Crippen LogP contribution in [-0.4, -0.2) is 41.1 Å². The molecule has 19 heavy (non-hydrogen) atoms. The Morgan fingerprint density at radius 2 is 2.32 bits per heavy atom. The normalized spacial score (nSPS) is 15.0. The Kier molecular flexibility index (Phi) is 3.00. The molecule has 0 spiro atoms. The van der Waals surface area contributed by atoms with Crippen LogP contribution in [0.4, 0.5) is 0 Å². The third kappa shape index (κ3) is 2.22. The number of nitrogens with zero attached hydrogens (tertiary/aromatic N) is 3. The van der Waals surface area contributed by atoms with E-state index >= 15 is 0 Å². The summed E-state index contributed by atoms with van der Waals surface area (Å²) in [5.41, 5.74) is 2.13. The monoisotopic (exact) mass is 259 g/mol. The molecule has 6 heteroatoms. The van der Waals surface area contributed by atoms with E-state index in [2.05, 4.69) is 14.8 Å². The van der Waals surface area contributed by atoms with Gasteiger partial charge in [0.25, 0.3) is 0 Å². The maximum absolute atomic E-state index is 11.4. The summed E-state index contributed by atoms with van der Waals surface area (Å²) in [7, 11) is 1.34. The molecule has 0 amide bonds. The molecule has 1 saturated heterocycles. The summed E-state index contributed by atoms with van der Waals surface area (Å²) in [5, 5.41) is 4.31. The maximum Gasteiger partial charge on any atom is 0.356 e. The number of esters is 1. The smallest absolute Gasteiger partial charge is 0.356 e. The number of carbonyl (C=O) groups is 1. The molecule has 0 bridgehead atoms. The van der Waals surface area contributed by atoms with Crippen molar-refractivity contribution in [2.45, 2.75) is 6.04 Å². The lowest BCUT2D eigenvalue weighted by Crippen LogP contribution is -2.30. The zero-order valence-electron chi connectivity index (χ0n) is 10.4. The first-order valence-corrected chi connectivity index (χ1v) is 5.94. The van der Waals surface area contributed by atoms with E-state index in [0.29, 0.717) is 24.9 Å².